The van der Waals surface area contributed by atoms with E-state index in [4.69, 9.17) is 0 Å². The molecular weight excluding hydrogens is 340 g/mol. The summed E-state index contributed by atoms with van der Waals surface area (Å²) in [6.45, 7) is 0.833. The fraction of sp³-hybridized carbons (Fsp3) is 0.353. The Morgan fingerprint density at radius 2 is 2.00 bits per heavy atom. The van der Waals surface area contributed by atoms with Crippen molar-refractivity contribution in [1.29, 1.82) is 0 Å². The predicted octanol–water partition coefficient (Wildman–Crippen LogP) is 1.09. The van der Waals surface area contributed by atoms with E-state index in [0.717, 1.165) is 18.7 Å². The molecule has 1 amide bonds. The molecule has 2 aliphatic rings. The first-order valence-corrected chi connectivity index (χ1v) is 10.0. The van der Waals surface area contributed by atoms with Gasteiger partial charge in [0.15, 0.2) is 21.3 Å². The Hall–Kier alpha value is -2.48. The second-order valence-corrected chi connectivity index (χ2v) is 8.61. The summed E-state index contributed by atoms with van der Waals surface area (Å²) in [5, 5.41) is 10.9. The molecular formula is C17H18N4O3S. The number of sulfone groups is 1. The molecule has 4 rings (SSSR count). The van der Waals surface area contributed by atoms with Gasteiger partial charge < -0.3 is 10.2 Å². The summed E-state index contributed by atoms with van der Waals surface area (Å²) in [5.41, 5.74) is 2.58. The van der Waals surface area contributed by atoms with Gasteiger partial charge in [0.1, 0.15) is 0 Å². The van der Waals surface area contributed by atoms with Crippen LogP contribution in [0.3, 0.4) is 0 Å². The molecule has 1 fully saturated rings. The smallest absolute Gasteiger partial charge is 0.272 e. The third kappa shape index (κ3) is 3.21. The molecule has 1 saturated heterocycles. The van der Waals surface area contributed by atoms with Crippen molar-refractivity contribution in [3.05, 3.63) is 47.7 Å². The molecule has 1 aromatic heterocycles. The van der Waals surface area contributed by atoms with Crippen LogP contribution in [0.1, 0.15) is 22.5 Å². The number of hydrogen-bond donors (Lipinski definition) is 1. The van der Waals surface area contributed by atoms with Crippen molar-refractivity contribution in [3.8, 4) is 0 Å². The summed E-state index contributed by atoms with van der Waals surface area (Å²) >= 11 is 0. The summed E-state index contributed by atoms with van der Waals surface area (Å²) in [6.07, 6.45) is 1.40. The van der Waals surface area contributed by atoms with Crippen molar-refractivity contribution in [2.24, 2.45) is 0 Å². The standard InChI is InChI=1S/C17H18N4O3S/c22-17(18-13-8-10-25(23,24)11-13)14-5-6-16(20-19-14)21-9-7-12-3-1-2-4-15(12)21/h1-6,13H,7-11H2,(H,18,22). The number of nitrogens with one attached hydrogen (secondary N) is 1. The van der Waals surface area contributed by atoms with Gasteiger partial charge in [-0.3, -0.25) is 4.79 Å². The van der Waals surface area contributed by atoms with Gasteiger partial charge in [-0.05, 0) is 36.6 Å². The van der Waals surface area contributed by atoms with Crippen molar-refractivity contribution in [1.82, 2.24) is 15.5 Å². The van der Waals surface area contributed by atoms with Crippen molar-refractivity contribution in [2.75, 3.05) is 23.0 Å². The van der Waals surface area contributed by atoms with Crippen molar-refractivity contribution in [3.63, 3.8) is 0 Å². The van der Waals surface area contributed by atoms with Crippen LogP contribution in [0, 0.1) is 0 Å². The van der Waals surface area contributed by atoms with Crippen LogP contribution in [0.4, 0.5) is 11.5 Å². The highest BCUT2D eigenvalue weighted by atomic mass is 32.2. The van der Waals surface area contributed by atoms with Gasteiger partial charge in [-0.15, -0.1) is 10.2 Å². The number of para-hydroxylation sites is 1. The molecule has 2 aliphatic heterocycles. The Balaban J connectivity index is 1.47. The summed E-state index contributed by atoms with van der Waals surface area (Å²) in [5.74, 6) is 0.430. The molecule has 0 radical (unpaired) electrons. The van der Waals surface area contributed by atoms with E-state index >= 15 is 0 Å². The number of amides is 1. The predicted molar refractivity (Wildman–Crippen MR) is 93.7 cm³/mol. The third-order valence-electron chi connectivity index (χ3n) is 4.61. The number of anilines is 2. The summed E-state index contributed by atoms with van der Waals surface area (Å²) < 4.78 is 22.9. The number of nitrogens with zero attached hydrogens (tertiary/aromatic N) is 3. The highest BCUT2D eigenvalue weighted by molar-refractivity contribution is 7.91. The van der Waals surface area contributed by atoms with Crippen LogP contribution in [-0.2, 0) is 16.3 Å². The summed E-state index contributed by atoms with van der Waals surface area (Å²) in [6, 6.07) is 11.2. The fourth-order valence-corrected chi connectivity index (χ4v) is 5.01. The zero-order valence-corrected chi connectivity index (χ0v) is 14.4. The molecule has 8 heteroatoms. The van der Waals surface area contributed by atoms with Crippen LogP contribution in [0.2, 0.25) is 0 Å². The van der Waals surface area contributed by atoms with Crippen molar-refractivity contribution in [2.45, 2.75) is 18.9 Å². The van der Waals surface area contributed by atoms with Crippen LogP contribution >= 0.6 is 0 Å². The molecule has 1 aromatic carbocycles. The van der Waals surface area contributed by atoms with Gasteiger partial charge in [0.25, 0.3) is 5.91 Å². The molecule has 130 valence electrons. The second-order valence-electron chi connectivity index (χ2n) is 6.38. The maximum Gasteiger partial charge on any atom is 0.272 e. The molecule has 25 heavy (non-hydrogen) atoms. The number of aromatic nitrogens is 2. The normalized spacial score (nSPS) is 21.1. The first-order chi connectivity index (χ1) is 12.0. The summed E-state index contributed by atoms with van der Waals surface area (Å²) in [7, 11) is -3.03. The van der Waals surface area contributed by atoms with Gasteiger partial charge in [0.05, 0.1) is 11.5 Å². The van der Waals surface area contributed by atoms with Crippen LogP contribution in [-0.4, -0.2) is 48.6 Å². The number of carbonyl (C=O) groups is 1. The van der Waals surface area contributed by atoms with Crippen LogP contribution in [0.15, 0.2) is 36.4 Å². The monoisotopic (exact) mass is 358 g/mol. The highest BCUT2D eigenvalue weighted by Crippen LogP contribution is 2.32. The van der Waals surface area contributed by atoms with E-state index in [1.54, 1.807) is 12.1 Å². The van der Waals surface area contributed by atoms with Crippen LogP contribution < -0.4 is 10.2 Å². The Morgan fingerprint density at radius 3 is 2.72 bits per heavy atom. The molecule has 1 atom stereocenters. The third-order valence-corrected chi connectivity index (χ3v) is 6.38. The molecule has 0 bridgehead atoms. The van der Waals surface area contributed by atoms with Crippen LogP contribution in [0.25, 0.3) is 0 Å². The second kappa shape index (κ2) is 6.11. The Labute approximate surface area is 146 Å². The zero-order valence-electron chi connectivity index (χ0n) is 13.6. The number of fused-ring (bicyclic) bond motifs is 1. The Bertz CT molecular complexity index is 912. The van der Waals surface area contributed by atoms with E-state index < -0.39 is 9.84 Å². The molecule has 1 unspecified atom stereocenters. The minimum atomic E-state index is -3.03. The fourth-order valence-electron chi connectivity index (χ4n) is 3.33. The lowest BCUT2D eigenvalue weighted by molar-refractivity contribution is 0.0935. The first-order valence-electron chi connectivity index (χ1n) is 8.22. The number of benzene rings is 1. The van der Waals surface area contributed by atoms with E-state index in [0.29, 0.717) is 12.2 Å². The highest BCUT2D eigenvalue weighted by Gasteiger charge is 2.29. The molecule has 0 spiro atoms. The first kappa shape index (κ1) is 16.0. The lowest BCUT2D eigenvalue weighted by atomic mass is 10.2. The van der Waals surface area contributed by atoms with E-state index in [1.807, 2.05) is 18.2 Å². The lowest BCUT2D eigenvalue weighted by Gasteiger charge is -2.17. The number of rotatable bonds is 3. The van der Waals surface area contributed by atoms with Gasteiger partial charge in [-0.25, -0.2) is 8.42 Å². The van der Waals surface area contributed by atoms with Gasteiger partial charge in [-0.2, -0.15) is 0 Å². The minimum absolute atomic E-state index is 0.00514. The molecule has 1 N–H and O–H groups in total. The molecule has 3 heterocycles. The van der Waals surface area contributed by atoms with Gasteiger partial charge in [0, 0.05) is 18.3 Å². The summed E-state index contributed by atoms with van der Waals surface area (Å²) in [4.78, 5) is 14.3. The van der Waals surface area contributed by atoms with Gasteiger partial charge in [-0.1, -0.05) is 18.2 Å². The minimum Gasteiger partial charge on any atom is -0.347 e. The van der Waals surface area contributed by atoms with E-state index in [-0.39, 0.29) is 29.1 Å². The molecule has 7 nitrogen and oxygen atoms in total. The average Bonchev–Trinajstić information content (AvgIpc) is 3.18. The van der Waals surface area contributed by atoms with E-state index in [9.17, 15) is 13.2 Å². The quantitative estimate of drug-likeness (QED) is 0.883. The van der Waals surface area contributed by atoms with Gasteiger partial charge in [0.2, 0.25) is 0 Å². The SMILES string of the molecule is O=C(NC1CCS(=O)(=O)C1)c1ccc(N2CCc3ccccc32)nn1. The van der Waals surface area contributed by atoms with Crippen molar-refractivity contribution >= 4 is 27.2 Å². The molecule has 0 aliphatic carbocycles. The van der Waals surface area contributed by atoms with E-state index in [2.05, 4.69) is 26.5 Å². The molecule has 0 saturated carbocycles. The number of carbonyl (C=O) groups excluding carboxylic acids is 1. The van der Waals surface area contributed by atoms with Crippen molar-refractivity contribution < 1.29 is 13.2 Å². The average molecular weight is 358 g/mol. The maximum atomic E-state index is 12.2. The largest absolute Gasteiger partial charge is 0.347 e. The van der Waals surface area contributed by atoms with Crippen LogP contribution in [0.5, 0.6) is 0 Å². The Morgan fingerprint density at radius 1 is 1.16 bits per heavy atom. The number of hydrogen-bond acceptors (Lipinski definition) is 6. The zero-order chi connectivity index (χ0) is 17.4. The van der Waals surface area contributed by atoms with E-state index in [1.165, 1.54) is 5.56 Å². The maximum absolute atomic E-state index is 12.2. The van der Waals surface area contributed by atoms with Gasteiger partial charge >= 0.3 is 0 Å². The topological polar surface area (TPSA) is 92.3 Å². The molecule has 2 aromatic rings. The Kier molecular flexibility index (Phi) is 3.91. The lowest BCUT2D eigenvalue weighted by Crippen LogP contribution is -2.36.